The summed E-state index contributed by atoms with van der Waals surface area (Å²) >= 11 is 0. The zero-order valence-corrected chi connectivity index (χ0v) is 8.51. The van der Waals surface area contributed by atoms with E-state index in [9.17, 15) is 4.79 Å². The fourth-order valence-corrected chi connectivity index (χ4v) is 1.27. The van der Waals surface area contributed by atoms with E-state index < -0.39 is 0 Å². The zero-order valence-electron chi connectivity index (χ0n) is 8.51. The largest absolute Gasteiger partial charge is 0.305 e. The lowest BCUT2D eigenvalue weighted by molar-refractivity contribution is 0.101. The average molecular weight is 205 g/mol. The zero-order chi connectivity index (χ0) is 10.8. The van der Waals surface area contributed by atoms with Crippen LogP contribution in [0.5, 0.6) is 0 Å². The molecule has 15 heavy (non-hydrogen) atoms. The Kier molecular flexibility index (Phi) is 2.24. The van der Waals surface area contributed by atoms with Gasteiger partial charge in [-0.15, -0.1) is 0 Å². The number of rotatable bonds is 2. The maximum atomic E-state index is 11.7. The van der Waals surface area contributed by atoms with Crippen LogP contribution in [0.4, 0.5) is 5.82 Å². The summed E-state index contributed by atoms with van der Waals surface area (Å²) in [5.74, 6) is 0.458. The highest BCUT2D eigenvalue weighted by Gasteiger charge is 2.11. The predicted octanol–water partition coefficient (Wildman–Crippen LogP) is 0.406. The summed E-state index contributed by atoms with van der Waals surface area (Å²) in [5.41, 5.74) is 0.510. The second-order valence-corrected chi connectivity index (χ2v) is 3.13. The Hall–Kier alpha value is -2.11. The number of carbonyl (C=O) groups excluding carboxylic acids is 1. The second kappa shape index (κ2) is 3.56. The number of aryl methyl sites for hydroxylation is 2. The molecule has 2 heterocycles. The molecule has 2 aromatic heterocycles. The van der Waals surface area contributed by atoms with E-state index in [0.29, 0.717) is 11.5 Å². The van der Waals surface area contributed by atoms with Crippen LogP contribution in [0.25, 0.3) is 0 Å². The standard InChI is InChI=1S/C9H11N5O/c1-13-7(3-5-10-13)9(15)12-8-4-6-11-14(8)2/h3-6H,1-2H3,(H,12,15). The molecule has 2 aromatic rings. The van der Waals surface area contributed by atoms with Crippen LogP contribution in [-0.2, 0) is 14.1 Å². The molecule has 0 saturated heterocycles. The molecule has 2 rings (SSSR count). The molecule has 0 spiro atoms. The van der Waals surface area contributed by atoms with Crippen molar-refractivity contribution in [3.8, 4) is 0 Å². The molecule has 0 aliphatic carbocycles. The number of aromatic nitrogens is 4. The third-order valence-electron chi connectivity index (χ3n) is 2.12. The summed E-state index contributed by atoms with van der Waals surface area (Å²) < 4.78 is 3.11. The van der Waals surface area contributed by atoms with Crippen molar-refractivity contribution < 1.29 is 4.79 Å². The van der Waals surface area contributed by atoms with Crippen molar-refractivity contribution in [1.82, 2.24) is 19.6 Å². The van der Waals surface area contributed by atoms with Gasteiger partial charge >= 0.3 is 0 Å². The Labute approximate surface area is 86.5 Å². The average Bonchev–Trinajstić information content (AvgIpc) is 2.76. The Morgan fingerprint density at radius 2 is 1.87 bits per heavy atom. The van der Waals surface area contributed by atoms with Gasteiger partial charge in [0.2, 0.25) is 0 Å². The predicted molar refractivity (Wildman–Crippen MR) is 54.4 cm³/mol. The van der Waals surface area contributed by atoms with Gasteiger partial charge in [-0.1, -0.05) is 0 Å². The van der Waals surface area contributed by atoms with Crippen molar-refractivity contribution in [3.05, 3.63) is 30.2 Å². The van der Waals surface area contributed by atoms with E-state index in [4.69, 9.17) is 0 Å². The Morgan fingerprint density at radius 1 is 1.20 bits per heavy atom. The molecule has 0 unspecified atom stereocenters. The van der Waals surface area contributed by atoms with E-state index in [0.717, 1.165) is 0 Å². The van der Waals surface area contributed by atoms with Gasteiger partial charge in [-0.3, -0.25) is 14.2 Å². The molecule has 6 heteroatoms. The lowest BCUT2D eigenvalue weighted by Gasteiger charge is -2.04. The van der Waals surface area contributed by atoms with E-state index in [1.165, 1.54) is 4.68 Å². The van der Waals surface area contributed by atoms with Crippen LogP contribution in [0.15, 0.2) is 24.5 Å². The van der Waals surface area contributed by atoms with Crippen molar-refractivity contribution >= 4 is 11.7 Å². The van der Waals surface area contributed by atoms with Gasteiger partial charge in [0, 0.05) is 26.4 Å². The summed E-state index contributed by atoms with van der Waals surface area (Å²) in [6, 6.07) is 3.39. The second-order valence-electron chi connectivity index (χ2n) is 3.13. The molecule has 0 atom stereocenters. The summed E-state index contributed by atoms with van der Waals surface area (Å²) in [6.07, 6.45) is 3.21. The van der Waals surface area contributed by atoms with Crippen molar-refractivity contribution in [2.24, 2.45) is 14.1 Å². The normalized spacial score (nSPS) is 10.3. The smallest absolute Gasteiger partial charge is 0.275 e. The molecule has 0 aliphatic rings. The van der Waals surface area contributed by atoms with E-state index in [1.807, 2.05) is 0 Å². The molecule has 1 amide bonds. The van der Waals surface area contributed by atoms with Crippen molar-refractivity contribution in [2.45, 2.75) is 0 Å². The van der Waals surface area contributed by atoms with E-state index in [2.05, 4.69) is 15.5 Å². The molecule has 6 nitrogen and oxygen atoms in total. The summed E-state index contributed by atoms with van der Waals surface area (Å²) in [7, 11) is 3.48. The van der Waals surface area contributed by atoms with Gasteiger partial charge in [-0.2, -0.15) is 10.2 Å². The minimum Gasteiger partial charge on any atom is -0.305 e. The lowest BCUT2D eigenvalue weighted by Crippen LogP contribution is -2.17. The van der Waals surface area contributed by atoms with Crippen LogP contribution in [-0.4, -0.2) is 25.5 Å². The SMILES string of the molecule is Cn1nccc1NC(=O)c1ccnn1C. The van der Waals surface area contributed by atoms with Crippen LogP contribution in [0.3, 0.4) is 0 Å². The number of hydrogen-bond donors (Lipinski definition) is 1. The first-order valence-corrected chi connectivity index (χ1v) is 4.46. The molecule has 1 N–H and O–H groups in total. The summed E-state index contributed by atoms with van der Waals surface area (Å²) in [5, 5.41) is 10.6. The quantitative estimate of drug-likeness (QED) is 0.772. The van der Waals surface area contributed by atoms with Gasteiger partial charge in [0.15, 0.2) is 0 Å². The van der Waals surface area contributed by atoms with Gasteiger partial charge in [0.05, 0.1) is 6.20 Å². The first kappa shape index (κ1) is 9.45. The van der Waals surface area contributed by atoms with Crippen LogP contribution in [0.1, 0.15) is 10.5 Å². The maximum absolute atomic E-state index is 11.7. The molecule has 0 aliphatic heterocycles. The van der Waals surface area contributed by atoms with Gasteiger partial charge in [-0.05, 0) is 6.07 Å². The molecular formula is C9H11N5O. The molecule has 0 fully saturated rings. The Bertz CT molecular complexity index is 484. The lowest BCUT2D eigenvalue weighted by atomic mass is 10.4. The number of hydrogen-bond acceptors (Lipinski definition) is 3. The van der Waals surface area contributed by atoms with Crippen molar-refractivity contribution in [3.63, 3.8) is 0 Å². The molecule has 0 bridgehead atoms. The van der Waals surface area contributed by atoms with E-state index in [1.54, 1.807) is 43.3 Å². The van der Waals surface area contributed by atoms with Gasteiger partial charge < -0.3 is 5.32 Å². The van der Waals surface area contributed by atoms with E-state index in [-0.39, 0.29) is 5.91 Å². The van der Waals surface area contributed by atoms with Gasteiger partial charge in [-0.25, -0.2) is 0 Å². The Balaban J connectivity index is 2.18. The number of nitrogens with zero attached hydrogens (tertiary/aromatic N) is 4. The van der Waals surface area contributed by atoms with Crippen LogP contribution in [0.2, 0.25) is 0 Å². The number of anilines is 1. The van der Waals surface area contributed by atoms with Crippen LogP contribution in [0, 0.1) is 0 Å². The number of carbonyl (C=O) groups is 1. The van der Waals surface area contributed by atoms with Crippen LogP contribution >= 0.6 is 0 Å². The highest BCUT2D eigenvalue weighted by Crippen LogP contribution is 2.06. The fraction of sp³-hybridized carbons (Fsp3) is 0.222. The first-order valence-electron chi connectivity index (χ1n) is 4.46. The van der Waals surface area contributed by atoms with E-state index >= 15 is 0 Å². The molecule has 78 valence electrons. The maximum Gasteiger partial charge on any atom is 0.275 e. The minimum absolute atomic E-state index is 0.196. The monoisotopic (exact) mass is 205 g/mol. The first-order chi connectivity index (χ1) is 7.18. The highest BCUT2D eigenvalue weighted by molar-refractivity contribution is 6.02. The molecular weight excluding hydrogens is 194 g/mol. The third kappa shape index (κ3) is 1.74. The van der Waals surface area contributed by atoms with Gasteiger partial charge in [0.25, 0.3) is 5.91 Å². The van der Waals surface area contributed by atoms with Crippen molar-refractivity contribution in [2.75, 3.05) is 5.32 Å². The van der Waals surface area contributed by atoms with Crippen molar-refractivity contribution in [1.29, 1.82) is 0 Å². The summed E-state index contributed by atoms with van der Waals surface area (Å²) in [6.45, 7) is 0. The van der Waals surface area contributed by atoms with Crippen LogP contribution < -0.4 is 5.32 Å². The fourth-order valence-electron chi connectivity index (χ4n) is 1.27. The minimum atomic E-state index is -0.196. The number of nitrogens with one attached hydrogen (secondary N) is 1. The molecule has 0 saturated carbocycles. The topological polar surface area (TPSA) is 64.7 Å². The highest BCUT2D eigenvalue weighted by atomic mass is 16.2. The third-order valence-corrected chi connectivity index (χ3v) is 2.12. The Morgan fingerprint density at radius 3 is 2.40 bits per heavy atom. The van der Waals surface area contributed by atoms with Gasteiger partial charge in [0.1, 0.15) is 11.5 Å². The molecule has 0 radical (unpaired) electrons. The number of amides is 1. The molecule has 0 aromatic carbocycles. The summed E-state index contributed by atoms with van der Waals surface area (Å²) in [4.78, 5) is 11.7.